The Bertz CT molecular complexity index is 544. The van der Waals surface area contributed by atoms with Gasteiger partial charge in [-0.2, -0.15) is 4.31 Å². The Labute approximate surface area is 115 Å². The minimum absolute atomic E-state index is 0.381. The normalized spacial score (nSPS) is 29.3. The van der Waals surface area contributed by atoms with Crippen LogP contribution in [-0.2, 0) is 10.0 Å². The number of fused-ring (bicyclic) bond motifs is 2. The van der Waals surface area contributed by atoms with Crippen LogP contribution in [0.5, 0.6) is 0 Å². The van der Waals surface area contributed by atoms with E-state index in [0.29, 0.717) is 30.1 Å². The molecule has 0 spiro atoms. The summed E-state index contributed by atoms with van der Waals surface area (Å²) >= 11 is 0. The van der Waals surface area contributed by atoms with Gasteiger partial charge < -0.3 is 0 Å². The monoisotopic (exact) mass is 280 g/mol. The highest BCUT2D eigenvalue weighted by Crippen LogP contribution is 2.30. The smallest absolute Gasteiger partial charge is 0.243 e. The van der Waals surface area contributed by atoms with E-state index in [-0.39, 0.29) is 0 Å². The van der Waals surface area contributed by atoms with Gasteiger partial charge in [-0.25, -0.2) is 8.42 Å². The van der Waals surface area contributed by atoms with Crippen molar-refractivity contribution in [2.75, 3.05) is 20.1 Å². The molecule has 2 atom stereocenters. The van der Waals surface area contributed by atoms with Crippen LogP contribution in [0.3, 0.4) is 0 Å². The van der Waals surface area contributed by atoms with Crippen LogP contribution in [-0.4, -0.2) is 49.8 Å². The number of likely N-dealkylation sites (N-methyl/N-ethyl adjacent to an activating group) is 1. The van der Waals surface area contributed by atoms with Gasteiger partial charge in [0, 0.05) is 25.2 Å². The summed E-state index contributed by atoms with van der Waals surface area (Å²) in [5.74, 6) is 0. The minimum atomic E-state index is -3.32. The van der Waals surface area contributed by atoms with Gasteiger partial charge in [0.1, 0.15) is 0 Å². The van der Waals surface area contributed by atoms with Crippen LogP contribution in [0, 0.1) is 0 Å². The maximum absolute atomic E-state index is 12.6. The SMILES string of the molecule is CN1[C@H]2CC[C@@H]1CN(S(=O)(=O)c1ccccc1)CC2. The van der Waals surface area contributed by atoms with Crippen molar-refractivity contribution in [3.8, 4) is 0 Å². The molecular weight excluding hydrogens is 260 g/mol. The second kappa shape index (κ2) is 4.89. The largest absolute Gasteiger partial charge is 0.299 e. The van der Waals surface area contributed by atoms with E-state index in [1.165, 1.54) is 6.42 Å². The van der Waals surface area contributed by atoms with Gasteiger partial charge in [0.2, 0.25) is 10.0 Å². The molecule has 104 valence electrons. The zero-order chi connectivity index (χ0) is 13.5. The Kier molecular flexibility index (Phi) is 3.37. The first kappa shape index (κ1) is 13.1. The van der Waals surface area contributed by atoms with Gasteiger partial charge in [-0.15, -0.1) is 0 Å². The molecule has 0 amide bonds. The molecule has 0 N–H and O–H groups in total. The van der Waals surface area contributed by atoms with E-state index in [0.717, 1.165) is 12.8 Å². The van der Waals surface area contributed by atoms with E-state index in [1.54, 1.807) is 28.6 Å². The van der Waals surface area contributed by atoms with E-state index < -0.39 is 10.0 Å². The van der Waals surface area contributed by atoms with Crippen molar-refractivity contribution >= 4 is 10.0 Å². The number of hydrogen-bond acceptors (Lipinski definition) is 3. The van der Waals surface area contributed by atoms with Crippen molar-refractivity contribution < 1.29 is 8.42 Å². The fraction of sp³-hybridized carbons (Fsp3) is 0.571. The van der Waals surface area contributed by atoms with Crippen molar-refractivity contribution in [1.82, 2.24) is 9.21 Å². The van der Waals surface area contributed by atoms with Crippen LogP contribution in [0.25, 0.3) is 0 Å². The van der Waals surface area contributed by atoms with Crippen molar-refractivity contribution in [3.63, 3.8) is 0 Å². The van der Waals surface area contributed by atoms with Crippen molar-refractivity contribution in [3.05, 3.63) is 30.3 Å². The van der Waals surface area contributed by atoms with Crippen molar-refractivity contribution in [2.24, 2.45) is 0 Å². The Morgan fingerprint density at radius 1 is 1.05 bits per heavy atom. The molecule has 19 heavy (non-hydrogen) atoms. The topological polar surface area (TPSA) is 40.6 Å². The second-order valence-corrected chi connectivity index (χ2v) is 7.45. The Hall–Kier alpha value is -0.910. The van der Waals surface area contributed by atoms with Crippen molar-refractivity contribution in [2.45, 2.75) is 36.2 Å². The predicted octanol–water partition coefficient (Wildman–Crippen LogP) is 1.54. The third-order valence-electron chi connectivity index (χ3n) is 4.49. The second-order valence-electron chi connectivity index (χ2n) is 5.52. The Morgan fingerprint density at radius 2 is 1.74 bits per heavy atom. The molecule has 0 aromatic heterocycles. The molecule has 1 aromatic carbocycles. The van der Waals surface area contributed by atoms with E-state index in [9.17, 15) is 8.42 Å². The quantitative estimate of drug-likeness (QED) is 0.825. The summed E-state index contributed by atoms with van der Waals surface area (Å²) in [6, 6.07) is 9.71. The van der Waals surface area contributed by atoms with Crippen LogP contribution in [0.4, 0.5) is 0 Å². The minimum Gasteiger partial charge on any atom is -0.299 e. The van der Waals surface area contributed by atoms with Gasteiger partial charge in [-0.3, -0.25) is 4.90 Å². The molecule has 5 heteroatoms. The summed E-state index contributed by atoms with van der Waals surface area (Å²) in [7, 11) is -1.20. The molecule has 2 heterocycles. The van der Waals surface area contributed by atoms with Gasteiger partial charge >= 0.3 is 0 Å². The van der Waals surface area contributed by atoms with Crippen molar-refractivity contribution in [1.29, 1.82) is 0 Å². The fourth-order valence-electron chi connectivity index (χ4n) is 3.24. The zero-order valence-corrected chi connectivity index (χ0v) is 12.0. The van der Waals surface area contributed by atoms with Crippen LogP contribution in [0.2, 0.25) is 0 Å². The van der Waals surface area contributed by atoms with Gasteiger partial charge in [0.05, 0.1) is 4.90 Å². The maximum atomic E-state index is 12.6. The summed E-state index contributed by atoms with van der Waals surface area (Å²) < 4.78 is 26.9. The first-order valence-corrected chi connectivity index (χ1v) is 8.30. The number of rotatable bonds is 2. The van der Waals surface area contributed by atoms with Crippen LogP contribution >= 0.6 is 0 Å². The number of benzene rings is 1. The standard InChI is InChI=1S/C14H20N2O2S/c1-15-12-7-8-13(15)11-16(10-9-12)19(17,18)14-5-3-2-4-6-14/h2-6,12-13H,7-11H2,1H3/t12-,13+/m0/s1. The predicted molar refractivity (Wildman–Crippen MR) is 74.4 cm³/mol. The Morgan fingerprint density at radius 3 is 2.47 bits per heavy atom. The Balaban J connectivity index is 1.87. The number of nitrogens with zero attached hydrogens (tertiary/aromatic N) is 2. The third-order valence-corrected chi connectivity index (χ3v) is 6.37. The average Bonchev–Trinajstić information content (AvgIpc) is 2.63. The fourth-order valence-corrected chi connectivity index (χ4v) is 4.75. The highest BCUT2D eigenvalue weighted by atomic mass is 32.2. The molecule has 0 aliphatic carbocycles. The van der Waals surface area contributed by atoms with E-state index in [1.807, 2.05) is 6.07 Å². The molecule has 1 aromatic rings. The van der Waals surface area contributed by atoms with Crippen LogP contribution in [0.1, 0.15) is 19.3 Å². The average molecular weight is 280 g/mol. The van der Waals surface area contributed by atoms with Gasteiger partial charge in [-0.05, 0) is 38.4 Å². The van der Waals surface area contributed by atoms with Gasteiger partial charge in [-0.1, -0.05) is 18.2 Å². The third kappa shape index (κ3) is 2.30. The molecule has 3 rings (SSSR count). The van der Waals surface area contributed by atoms with E-state index in [2.05, 4.69) is 11.9 Å². The summed E-state index contributed by atoms with van der Waals surface area (Å²) in [5, 5.41) is 0. The molecule has 2 aliphatic heterocycles. The summed E-state index contributed by atoms with van der Waals surface area (Å²) in [6.45, 7) is 1.27. The van der Waals surface area contributed by atoms with Crippen LogP contribution < -0.4 is 0 Å². The first-order chi connectivity index (χ1) is 9.09. The van der Waals surface area contributed by atoms with Crippen LogP contribution in [0.15, 0.2) is 35.2 Å². The molecule has 0 unspecified atom stereocenters. The molecule has 0 radical (unpaired) electrons. The number of hydrogen-bond donors (Lipinski definition) is 0. The lowest BCUT2D eigenvalue weighted by atomic mass is 10.1. The molecule has 2 fully saturated rings. The van der Waals surface area contributed by atoms with E-state index >= 15 is 0 Å². The lowest BCUT2D eigenvalue weighted by molar-refractivity contribution is 0.246. The zero-order valence-electron chi connectivity index (χ0n) is 11.2. The molecule has 2 bridgehead atoms. The highest BCUT2D eigenvalue weighted by molar-refractivity contribution is 7.89. The summed E-state index contributed by atoms with van der Waals surface area (Å²) in [6.07, 6.45) is 3.27. The number of sulfonamides is 1. The molecule has 2 saturated heterocycles. The lowest BCUT2D eigenvalue weighted by Gasteiger charge is -2.25. The molecule has 2 aliphatic rings. The molecule has 4 nitrogen and oxygen atoms in total. The molecular formula is C14H20N2O2S. The lowest BCUT2D eigenvalue weighted by Crippen LogP contribution is -2.39. The summed E-state index contributed by atoms with van der Waals surface area (Å²) in [5.41, 5.74) is 0. The first-order valence-electron chi connectivity index (χ1n) is 6.86. The maximum Gasteiger partial charge on any atom is 0.243 e. The molecule has 0 saturated carbocycles. The van der Waals surface area contributed by atoms with Gasteiger partial charge in [0.25, 0.3) is 0 Å². The van der Waals surface area contributed by atoms with E-state index in [4.69, 9.17) is 0 Å². The van der Waals surface area contributed by atoms with Gasteiger partial charge in [0.15, 0.2) is 0 Å². The highest BCUT2D eigenvalue weighted by Gasteiger charge is 2.38. The summed E-state index contributed by atoms with van der Waals surface area (Å²) in [4.78, 5) is 2.77.